The highest BCUT2D eigenvalue weighted by Crippen LogP contribution is 2.28. The Hall–Kier alpha value is -3.45. The number of aromatic nitrogens is 4. The fraction of sp³-hybridized carbons (Fsp3) is 0.259. The Morgan fingerprint density at radius 2 is 1.50 bits per heavy atom. The van der Waals surface area contributed by atoms with Crippen molar-refractivity contribution in [3.05, 3.63) is 96.3 Å². The Labute approximate surface area is 205 Å². The van der Waals surface area contributed by atoms with E-state index in [-0.39, 0.29) is 11.2 Å². The molecule has 7 heteroatoms. The zero-order chi connectivity index (χ0) is 23.8. The van der Waals surface area contributed by atoms with Crippen LogP contribution in [-0.4, -0.2) is 35.8 Å². The van der Waals surface area contributed by atoms with Crippen LogP contribution in [0.2, 0.25) is 0 Å². The molecule has 2 aromatic carbocycles. The third kappa shape index (κ3) is 5.91. The van der Waals surface area contributed by atoms with Crippen molar-refractivity contribution in [2.24, 2.45) is 0 Å². The molecule has 0 spiro atoms. The summed E-state index contributed by atoms with van der Waals surface area (Å²) in [7, 11) is 0. The quantitative estimate of drug-likeness (QED) is 0.287. The number of benzene rings is 2. The van der Waals surface area contributed by atoms with Crippen molar-refractivity contribution >= 4 is 17.7 Å². The smallest absolute Gasteiger partial charge is 0.236 e. The highest BCUT2D eigenvalue weighted by Gasteiger charge is 2.25. The van der Waals surface area contributed by atoms with E-state index in [0.29, 0.717) is 13.1 Å². The lowest BCUT2D eigenvalue weighted by molar-refractivity contribution is -0.131. The number of nitrogens with zero attached hydrogens (tertiary/aromatic N) is 5. The molecule has 0 aliphatic carbocycles. The van der Waals surface area contributed by atoms with Crippen molar-refractivity contribution in [3.63, 3.8) is 0 Å². The second-order valence-corrected chi connectivity index (χ2v) is 9.43. The van der Waals surface area contributed by atoms with E-state index in [4.69, 9.17) is 0 Å². The molecule has 1 unspecified atom stereocenters. The molecule has 0 aliphatic rings. The number of amides is 1. The molecule has 0 N–H and O–H groups in total. The molecule has 4 aromatic rings. The van der Waals surface area contributed by atoms with E-state index in [9.17, 15) is 4.79 Å². The molecule has 0 bridgehead atoms. The number of carbonyl (C=O) groups excluding carboxylic acids is 1. The van der Waals surface area contributed by atoms with Crippen molar-refractivity contribution in [1.29, 1.82) is 0 Å². The first-order chi connectivity index (χ1) is 16.7. The van der Waals surface area contributed by atoms with Crippen LogP contribution in [0.3, 0.4) is 0 Å². The third-order valence-corrected chi connectivity index (χ3v) is 6.54. The molecule has 2 aromatic heterocycles. The van der Waals surface area contributed by atoms with Crippen LogP contribution >= 0.6 is 11.8 Å². The van der Waals surface area contributed by atoms with Crippen molar-refractivity contribution in [3.8, 4) is 11.4 Å². The topological polar surface area (TPSA) is 63.9 Å². The number of hydrogen-bond donors (Lipinski definition) is 0. The van der Waals surface area contributed by atoms with E-state index in [1.807, 2.05) is 60.4 Å². The van der Waals surface area contributed by atoms with Gasteiger partial charge in [0.05, 0.1) is 5.25 Å². The first kappa shape index (κ1) is 23.7. The summed E-state index contributed by atoms with van der Waals surface area (Å²) in [5.74, 6) is 0.881. The maximum Gasteiger partial charge on any atom is 0.236 e. The van der Waals surface area contributed by atoms with Crippen molar-refractivity contribution in [2.45, 2.75) is 50.3 Å². The highest BCUT2D eigenvalue weighted by molar-refractivity contribution is 8.00. The van der Waals surface area contributed by atoms with E-state index in [2.05, 4.69) is 50.9 Å². The van der Waals surface area contributed by atoms with E-state index in [1.54, 1.807) is 12.4 Å². The van der Waals surface area contributed by atoms with Gasteiger partial charge in [-0.3, -0.25) is 9.78 Å². The lowest BCUT2D eigenvalue weighted by Gasteiger charge is -2.26. The second kappa shape index (κ2) is 11.6. The largest absolute Gasteiger partial charge is 0.333 e. The molecule has 1 amide bonds. The first-order valence-corrected chi connectivity index (χ1v) is 12.4. The van der Waals surface area contributed by atoms with Gasteiger partial charge in [-0.1, -0.05) is 79.3 Å². The summed E-state index contributed by atoms with van der Waals surface area (Å²) in [5, 5.41) is 9.33. The average Bonchev–Trinajstić information content (AvgIpc) is 3.27. The predicted molar refractivity (Wildman–Crippen MR) is 136 cm³/mol. The predicted octanol–water partition coefficient (Wildman–Crippen LogP) is 5.46. The number of thioether (sulfide) groups is 1. The molecule has 6 nitrogen and oxygen atoms in total. The maximum absolute atomic E-state index is 13.6. The Morgan fingerprint density at radius 1 is 0.912 bits per heavy atom. The van der Waals surface area contributed by atoms with Crippen LogP contribution < -0.4 is 0 Å². The fourth-order valence-corrected chi connectivity index (χ4v) is 4.76. The number of rotatable bonds is 10. The molecule has 2 heterocycles. The van der Waals surface area contributed by atoms with Gasteiger partial charge >= 0.3 is 0 Å². The van der Waals surface area contributed by atoms with Crippen LogP contribution in [0.5, 0.6) is 0 Å². The molecule has 0 saturated carbocycles. The molecule has 0 fully saturated rings. The summed E-state index contributed by atoms with van der Waals surface area (Å²) >= 11 is 1.47. The van der Waals surface area contributed by atoms with Crippen molar-refractivity contribution < 1.29 is 4.79 Å². The van der Waals surface area contributed by atoms with Gasteiger partial charge in [0.15, 0.2) is 11.0 Å². The molecule has 0 radical (unpaired) electrons. The fourth-order valence-electron chi connectivity index (χ4n) is 3.80. The van der Waals surface area contributed by atoms with Gasteiger partial charge in [0.25, 0.3) is 0 Å². The lowest BCUT2D eigenvalue weighted by atomic mass is 10.1. The molecule has 4 rings (SSSR count). The van der Waals surface area contributed by atoms with Gasteiger partial charge < -0.3 is 9.47 Å². The Morgan fingerprint density at radius 3 is 2.06 bits per heavy atom. The third-order valence-electron chi connectivity index (χ3n) is 5.48. The van der Waals surface area contributed by atoms with Gasteiger partial charge in [-0.15, -0.1) is 10.2 Å². The minimum absolute atomic E-state index is 0.0780. The Kier molecular flexibility index (Phi) is 8.09. The summed E-state index contributed by atoms with van der Waals surface area (Å²) in [4.78, 5) is 19.7. The van der Waals surface area contributed by atoms with Gasteiger partial charge in [-0.2, -0.15) is 0 Å². The van der Waals surface area contributed by atoms with Crippen LogP contribution in [0.4, 0.5) is 0 Å². The molecule has 34 heavy (non-hydrogen) atoms. The standard InChI is InChI=1S/C27H29N5OS/c1-3-18-32-25(24-14-16-28-17-15-24)29-30-27(32)34-21(2)26(33)31(19-22-10-6-4-7-11-22)20-23-12-8-5-9-13-23/h4-17,21H,3,18-20H2,1-2H3. The molecule has 1 atom stereocenters. The SMILES string of the molecule is CCCn1c(SC(C)C(=O)N(Cc2ccccc2)Cc2ccccc2)nnc1-c1ccncc1. The van der Waals surface area contributed by atoms with Crippen molar-refractivity contribution in [1.82, 2.24) is 24.6 Å². The zero-order valence-corrected chi connectivity index (χ0v) is 20.4. The summed E-state index contributed by atoms with van der Waals surface area (Å²) in [6.45, 7) is 5.98. The molecule has 174 valence electrons. The minimum atomic E-state index is -0.308. The normalized spacial score (nSPS) is 11.8. The van der Waals surface area contributed by atoms with Crippen LogP contribution in [0.15, 0.2) is 90.3 Å². The number of pyridine rings is 1. The van der Waals surface area contributed by atoms with Gasteiger partial charge in [-0.25, -0.2) is 0 Å². The monoisotopic (exact) mass is 471 g/mol. The second-order valence-electron chi connectivity index (χ2n) is 8.12. The van der Waals surface area contributed by atoms with Gasteiger partial charge in [0.1, 0.15) is 0 Å². The van der Waals surface area contributed by atoms with Gasteiger partial charge in [-0.05, 0) is 36.6 Å². The molecule has 0 saturated heterocycles. The van der Waals surface area contributed by atoms with Crippen molar-refractivity contribution in [2.75, 3.05) is 0 Å². The van der Waals surface area contributed by atoms with E-state index >= 15 is 0 Å². The summed E-state index contributed by atoms with van der Waals surface area (Å²) in [5.41, 5.74) is 3.19. The summed E-state index contributed by atoms with van der Waals surface area (Å²) < 4.78 is 2.10. The first-order valence-electron chi connectivity index (χ1n) is 11.5. The van der Waals surface area contributed by atoms with E-state index < -0.39 is 0 Å². The van der Waals surface area contributed by atoms with Gasteiger partial charge in [0, 0.05) is 37.6 Å². The van der Waals surface area contributed by atoms with Gasteiger partial charge in [0.2, 0.25) is 5.91 Å². The van der Waals surface area contributed by atoms with Crippen LogP contribution in [0.25, 0.3) is 11.4 Å². The average molecular weight is 472 g/mol. The lowest BCUT2D eigenvalue weighted by Crippen LogP contribution is -2.35. The number of hydrogen-bond acceptors (Lipinski definition) is 5. The Balaban J connectivity index is 1.55. The molecular weight excluding hydrogens is 442 g/mol. The maximum atomic E-state index is 13.6. The zero-order valence-electron chi connectivity index (χ0n) is 19.5. The molecule has 0 aliphatic heterocycles. The van der Waals surface area contributed by atoms with Crippen LogP contribution in [-0.2, 0) is 24.4 Å². The van der Waals surface area contributed by atoms with E-state index in [1.165, 1.54) is 11.8 Å². The highest BCUT2D eigenvalue weighted by atomic mass is 32.2. The van der Waals surface area contributed by atoms with Crippen LogP contribution in [0, 0.1) is 0 Å². The summed E-state index contributed by atoms with van der Waals surface area (Å²) in [6, 6.07) is 24.1. The molecular formula is C27H29N5OS. The number of carbonyl (C=O) groups is 1. The Bertz CT molecular complexity index is 1140. The van der Waals surface area contributed by atoms with Crippen LogP contribution in [0.1, 0.15) is 31.4 Å². The minimum Gasteiger partial charge on any atom is -0.333 e. The summed E-state index contributed by atoms with van der Waals surface area (Å²) in [6.07, 6.45) is 4.45. The van der Waals surface area contributed by atoms with E-state index in [0.717, 1.165) is 40.6 Å².